The van der Waals surface area contributed by atoms with Gasteiger partial charge in [0.2, 0.25) is 22.8 Å². The highest BCUT2D eigenvalue weighted by atomic mass is 28.3. The predicted molar refractivity (Wildman–Crippen MR) is 594 cm³/mol. The molecule has 0 amide bonds. The van der Waals surface area contributed by atoms with Crippen molar-refractivity contribution in [1.82, 2.24) is 0 Å². The van der Waals surface area contributed by atoms with E-state index in [1.165, 1.54) is 325 Å². The first-order valence-electron chi connectivity index (χ1n) is 56.9. The van der Waals surface area contributed by atoms with Gasteiger partial charge in [-0.15, -0.1) is 0 Å². The molecule has 0 N–H and O–H groups in total. The number of fused-ring (bicyclic) bond motifs is 4. The van der Waals surface area contributed by atoms with E-state index in [9.17, 15) is 0 Å². The summed E-state index contributed by atoms with van der Waals surface area (Å²) in [5.41, 5.74) is 33.3. The molecule has 4 nitrogen and oxygen atoms in total. The summed E-state index contributed by atoms with van der Waals surface area (Å²) in [6.07, 6.45) is 32.4. The van der Waals surface area contributed by atoms with E-state index in [4.69, 9.17) is 8.22 Å². The Balaban J connectivity index is 0.000000130. The van der Waals surface area contributed by atoms with Crippen LogP contribution >= 0.6 is 0 Å². The van der Waals surface area contributed by atoms with Gasteiger partial charge in [-0.25, -0.2) is 9.13 Å². The molecule has 0 unspecified atom stereocenters. The number of aromatic nitrogens is 4. The van der Waals surface area contributed by atoms with Crippen LogP contribution in [0, 0.1) is 48.5 Å². The molecule has 4 saturated heterocycles. The Bertz CT molecular complexity index is 6720. The van der Waals surface area contributed by atoms with Gasteiger partial charge >= 0.3 is 0 Å². The first kappa shape index (κ1) is 91.1. The van der Waals surface area contributed by atoms with Crippen molar-refractivity contribution >= 4 is 75.4 Å². The van der Waals surface area contributed by atoms with E-state index in [2.05, 4.69) is 293 Å². The summed E-state index contributed by atoms with van der Waals surface area (Å²) in [7, 11) is 4.30. The highest BCUT2D eigenvalue weighted by Gasteiger charge is 2.38. The molecule has 4 aliphatic carbocycles. The van der Waals surface area contributed by atoms with Gasteiger partial charge in [0.1, 0.15) is 30.9 Å². The van der Waals surface area contributed by atoms with E-state index < -0.39 is 32.3 Å². The summed E-state index contributed by atoms with van der Waals surface area (Å²) in [4.78, 5) is 0. The maximum atomic E-state index is 9.02. The third kappa shape index (κ3) is 21.8. The van der Waals surface area contributed by atoms with E-state index in [-0.39, 0.29) is 17.0 Å². The maximum absolute atomic E-state index is 9.02. The lowest BCUT2D eigenvalue weighted by molar-refractivity contribution is -0.665. The van der Waals surface area contributed by atoms with Gasteiger partial charge in [0.05, 0.1) is 43.7 Å². The van der Waals surface area contributed by atoms with E-state index in [1.54, 1.807) is 5.56 Å². The van der Waals surface area contributed by atoms with E-state index in [1.807, 2.05) is 23.2 Å². The van der Waals surface area contributed by atoms with Crippen molar-refractivity contribution in [3.8, 4) is 45.0 Å². The number of rotatable bonds is 12. The van der Waals surface area contributed by atoms with Crippen LogP contribution in [0.3, 0.4) is 0 Å². The van der Waals surface area contributed by atoms with Crippen LogP contribution in [-0.4, -0.2) is 32.3 Å². The summed E-state index contributed by atoms with van der Waals surface area (Å²) < 4.78 is 62.2. The van der Waals surface area contributed by atoms with Crippen LogP contribution in [0.15, 0.2) is 164 Å². The van der Waals surface area contributed by atoms with Gasteiger partial charge in [0.25, 0.3) is 0 Å². The van der Waals surface area contributed by atoms with E-state index in [0.29, 0.717) is 77.7 Å². The number of pyridine rings is 4. The van der Waals surface area contributed by atoms with Gasteiger partial charge in [0, 0.05) is 75.9 Å². The van der Waals surface area contributed by atoms with Crippen LogP contribution in [0.4, 0.5) is 0 Å². The molecule has 4 saturated carbocycles. The van der Waals surface area contributed by atoms with Crippen LogP contribution in [0.2, 0.25) is 101 Å². The molecule has 0 radical (unpaired) electrons. The van der Waals surface area contributed by atoms with Crippen molar-refractivity contribution in [2.24, 2.45) is 28.2 Å². The number of benzene rings is 8. The molecule has 4 aliphatic heterocycles. The van der Waals surface area contributed by atoms with Crippen molar-refractivity contribution < 1.29 is 26.5 Å². The SMILES string of the molecule is [2H]c1c(C)[n+](C)c(-c2cc(C3CCCC3)cc(C)c2C)c2ccc(C3CC[Si](C)(C)CC3)cc12.[2H]c1c(C)[n+](C)c(-c2cc(C3CCCC3)ccc2C)c2ccc(C3CC[Si](C)(C)CC3)cc12.[2H]c1c([2H])[n+](C)c(-c2cc(C(C)(C)C)cc(C(C)(C)C)c2C)c2ccc(C3CC[Si](C)(C)CC3)cc12.[2H]c1c([2H])[n+](C)c(-c2cc(C3CCCC3)cc(C3CCCC3)c2C)c2ccc(C3CC[Si](C)(C)CC3)cc12. The quantitative estimate of drug-likeness (QED) is 0.0856. The van der Waals surface area contributed by atoms with Gasteiger partial charge in [-0.1, -0.05) is 273 Å². The predicted octanol–water partition coefficient (Wildman–Crippen LogP) is 35.1. The second-order valence-corrected chi connectivity index (χ2v) is 71.3. The van der Waals surface area contributed by atoms with Gasteiger partial charge in [0.15, 0.2) is 23.7 Å². The molecule has 8 aromatic carbocycles. The van der Waals surface area contributed by atoms with Crippen LogP contribution in [0.25, 0.3) is 88.1 Å². The minimum Gasteiger partial charge on any atom is -0.200 e. The van der Waals surface area contributed by atoms with Gasteiger partial charge in [-0.2, -0.15) is 9.13 Å². The molecule has 20 rings (SSSR count). The Kier molecular flexibility index (Phi) is 27.1. The Hall–Kier alpha value is -7.73. The largest absolute Gasteiger partial charge is 0.220 e. The average Bonchev–Trinajstić information content (AvgIpc) is 1.20. The molecule has 8 fully saturated rings. The van der Waals surface area contributed by atoms with Crippen molar-refractivity contribution in [3.05, 3.63) is 259 Å². The van der Waals surface area contributed by atoms with Crippen molar-refractivity contribution in [2.75, 3.05) is 0 Å². The van der Waals surface area contributed by atoms with Crippen molar-refractivity contribution in [2.45, 2.75) is 403 Å². The van der Waals surface area contributed by atoms with Gasteiger partial charge < -0.3 is 0 Å². The summed E-state index contributed by atoms with van der Waals surface area (Å²) in [5.74, 6) is 5.27. The second-order valence-electron chi connectivity index (χ2n) is 50.0. The smallest absolute Gasteiger partial charge is 0.200 e. The van der Waals surface area contributed by atoms with E-state index in [0.717, 1.165) is 55.1 Å². The zero-order valence-corrected chi connectivity index (χ0v) is 92.7. The Morgan fingerprint density at radius 3 is 0.963 bits per heavy atom. The topological polar surface area (TPSA) is 15.5 Å². The molecular formula is C127H174N4Si4+4. The lowest BCUT2D eigenvalue weighted by Gasteiger charge is -2.33. The Morgan fingerprint density at radius 2 is 0.585 bits per heavy atom. The lowest BCUT2D eigenvalue weighted by Crippen LogP contribution is -2.35. The summed E-state index contributed by atoms with van der Waals surface area (Å²) in [5, 5.41) is 8.85. The number of hydrogen-bond donors (Lipinski definition) is 0. The fraction of sp³-hybridized carbons (Fsp3) is 0.528. The maximum Gasteiger partial charge on any atom is 0.220 e. The highest BCUT2D eigenvalue weighted by Crippen LogP contribution is 2.51. The third-order valence-corrected chi connectivity index (χ3v) is 49.1. The molecular weight excluding hydrogens is 1690 g/mol. The molecule has 8 heteroatoms. The van der Waals surface area contributed by atoms with Crippen LogP contribution < -0.4 is 18.3 Å². The number of nitrogens with zero attached hydrogens (tertiary/aromatic N) is 4. The lowest BCUT2D eigenvalue weighted by atomic mass is 9.76. The molecule has 8 heterocycles. The molecule has 135 heavy (non-hydrogen) atoms. The molecule has 4 aromatic heterocycles. The first-order valence-corrected chi connectivity index (χ1v) is 67.6. The van der Waals surface area contributed by atoms with E-state index >= 15 is 0 Å². The van der Waals surface area contributed by atoms with Crippen molar-refractivity contribution in [3.63, 3.8) is 0 Å². The highest BCUT2D eigenvalue weighted by molar-refractivity contribution is 6.78. The second kappa shape index (κ2) is 40.1. The Morgan fingerprint density at radius 1 is 0.281 bits per heavy atom. The van der Waals surface area contributed by atoms with Crippen LogP contribution in [0.5, 0.6) is 0 Å². The van der Waals surface area contributed by atoms with Crippen LogP contribution in [-0.2, 0) is 39.0 Å². The monoisotopic (exact) mass is 1870 g/mol. The summed E-state index contributed by atoms with van der Waals surface area (Å²) in [6.45, 7) is 49.5. The fourth-order valence-corrected chi connectivity index (χ4v) is 36.2. The van der Waals surface area contributed by atoms with Gasteiger partial charge in [-0.3, -0.25) is 0 Å². The third-order valence-electron chi connectivity index (χ3n) is 35.9. The molecule has 12 aromatic rings. The summed E-state index contributed by atoms with van der Waals surface area (Å²) >= 11 is 0. The molecule has 8 aliphatic rings. The normalized spacial score (nSPS) is 20.2. The Labute approximate surface area is 831 Å². The molecule has 0 spiro atoms. The molecule has 0 bridgehead atoms. The molecule has 0 atom stereocenters. The first-order chi connectivity index (χ1) is 66.6. The van der Waals surface area contributed by atoms with Crippen LogP contribution in [0.1, 0.15) is 346 Å². The standard InChI is InChI=1S/C34H46NSi.C32H46NSi.C31H42NSi.C30H40NSi/c1-24-32(27-11-7-8-12-27)22-30(25-9-5-6-10-25)23-33(24)34-31-14-13-28(21-29(31)15-18-35(34)2)26-16-19-36(3,4)20-17-26;1-22-28(20-26(31(2,3)4)21-29(22)32(5,6)7)30-27-12-11-24(19-25(27)13-16-33(30)8)23-14-17-34(9,10)18-15-23;1-21-17-27(24-9-7-8-10-24)20-30(23(21)3)31-29-12-11-26(19-28(29)18-22(2)32(31)4)25-13-15-33(5,6)16-14-25;1-21-10-11-26(23-8-6-7-9-23)20-29(21)30-28-13-12-25(19-27(28)18-22(2)31(30)3)24-14-16-32(4,5)17-15-24/h13-15,18,21-23,25-27H,5-12,16-17,19-20H2,1-4H3;11-13,16,19-21,23H,14-15,17-18H2,1-10H3;11-12,17-20,24-25H,7-10,13-16H2,1-6H3;10-13,18-20,23-24H,6-9,14-17H2,1-5H3/q4*+1/i15D,18D;13D,16D;2*18D. The number of aryl methyl sites for hydroxylation is 2. The minimum absolute atomic E-state index is 0.0128. The molecule has 714 valence electrons. The van der Waals surface area contributed by atoms with Crippen molar-refractivity contribution in [1.29, 1.82) is 0 Å². The van der Waals surface area contributed by atoms with Gasteiger partial charge in [-0.05, 0) is 349 Å². The average molecular weight is 1880 g/mol. The number of hydrogen-bond acceptors (Lipinski definition) is 0. The minimum atomic E-state index is -1.02. The summed E-state index contributed by atoms with van der Waals surface area (Å²) in [6, 6.07) is 63.2. The zero-order chi connectivity index (χ0) is 101. The fourth-order valence-electron chi connectivity index (χ4n) is 26.1. The zero-order valence-electron chi connectivity index (χ0n) is 94.7.